The van der Waals surface area contributed by atoms with Gasteiger partial charge in [0.15, 0.2) is 0 Å². The molecule has 5 heteroatoms. The molecular weight excluding hydrogens is 265 g/mol. The van der Waals surface area contributed by atoms with Gasteiger partial charge < -0.3 is 10.2 Å². The van der Waals surface area contributed by atoms with Gasteiger partial charge in [-0.3, -0.25) is 0 Å². The molecule has 2 aliphatic rings. The van der Waals surface area contributed by atoms with Crippen LogP contribution in [0.2, 0.25) is 0 Å². The first-order chi connectivity index (χ1) is 9.45. The molecule has 2 fully saturated rings. The van der Waals surface area contributed by atoms with Gasteiger partial charge in [0.25, 0.3) is 0 Å². The first-order valence-electron chi connectivity index (χ1n) is 7.95. The number of alkyl halides is 3. The lowest BCUT2D eigenvalue weighted by atomic mass is 9.74. The fraction of sp³-hybridized carbons (Fsp3) is 1.00. The van der Waals surface area contributed by atoms with E-state index in [1.807, 2.05) is 0 Å². The molecule has 1 N–H and O–H groups in total. The topological polar surface area (TPSA) is 15.3 Å². The number of hydrogen-bond acceptors (Lipinski definition) is 2. The molecule has 2 saturated heterocycles. The highest BCUT2D eigenvalue weighted by atomic mass is 19.4. The van der Waals surface area contributed by atoms with Crippen molar-refractivity contribution in [3.63, 3.8) is 0 Å². The highest BCUT2D eigenvalue weighted by Gasteiger charge is 2.42. The Balaban J connectivity index is 1.86. The normalized spacial score (nSPS) is 25.8. The van der Waals surface area contributed by atoms with Crippen LogP contribution >= 0.6 is 0 Å². The van der Waals surface area contributed by atoms with E-state index < -0.39 is 12.1 Å². The smallest absolute Gasteiger partial charge is 0.317 e. The lowest BCUT2D eigenvalue weighted by Gasteiger charge is -2.43. The third-order valence-corrected chi connectivity index (χ3v) is 5.05. The minimum atomic E-state index is -4.00. The molecule has 2 nitrogen and oxygen atoms in total. The van der Waals surface area contributed by atoms with Crippen molar-refractivity contribution in [1.29, 1.82) is 0 Å². The van der Waals surface area contributed by atoms with Crippen LogP contribution in [-0.2, 0) is 0 Å². The second-order valence-corrected chi connectivity index (χ2v) is 6.59. The Morgan fingerprint density at radius 3 is 2.25 bits per heavy atom. The van der Waals surface area contributed by atoms with Crippen molar-refractivity contribution in [3.8, 4) is 0 Å². The largest absolute Gasteiger partial charge is 0.391 e. The number of halogens is 3. The molecule has 20 heavy (non-hydrogen) atoms. The van der Waals surface area contributed by atoms with Gasteiger partial charge in [-0.25, -0.2) is 0 Å². The number of hydrogen-bond donors (Lipinski definition) is 1. The molecule has 0 atom stereocenters. The molecule has 0 spiro atoms. The zero-order valence-electron chi connectivity index (χ0n) is 12.4. The predicted molar refractivity (Wildman–Crippen MR) is 74.7 cm³/mol. The minimum absolute atomic E-state index is 0.282. The van der Waals surface area contributed by atoms with Crippen LogP contribution in [0, 0.1) is 11.3 Å². The lowest BCUT2D eigenvalue weighted by molar-refractivity contribution is -0.185. The molecule has 2 heterocycles. The van der Waals surface area contributed by atoms with Crippen LogP contribution in [0.25, 0.3) is 0 Å². The summed E-state index contributed by atoms with van der Waals surface area (Å²) in [5, 5.41) is 3.39. The Morgan fingerprint density at radius 1 is 1.15 bits per heavy atom. The summed E-state index contributed by atoms with van der Waals surface area (Å²) in [5.74, 6) is -1.08. The maximum absolute atomic E-state index is 12.7. The van der Waals surface area contributed by atoms with E-state index in [-0.39, 0.29) is 12.8 Å². The van der Waals surface area contributed by atoms with E-state index in [0.29, 0.717) is 18.5 Å². The van der Waals surface area contributed by atoms with Crippen molar-refractivity contribution in [3.05, 3.63) is 0 Å². The van der Waals surface area contributed by atoms with Gasteiger partial charge in [-0.05, 0) is 63.7 Å². The summed E-state index contributed by atoms with van der Waals surface area (Å²) < 4.78 is 38.1. The van der Waals surface area contributed by atoms with Gasteiger partial charge in [0, 0.05) is 6.54 Å². The monoisotopic (exact) mass is 292 g/mol. The molecule has 0 aliphatic carbocycles. The van der Waals surface area contributed by atoms with Gasteiger partial charge in [-0.15, -0.1) is 0 Å². The fourth-order valence-electron chi connectivity index (χ4n) is 3.87. The van der Waals surface area contributed by atoms with Crippen molar-refractivity contribution in [2.45, 2.75) is 51.6 Å². The first kappa shape index (κ1) is 16.1. The van der Waals surface area contributed by atoms with E-state index in [9.17, 15) is 13.2 Å². The predicted octanol–water partition coefficient (Wildman–Crippen LogP) is 3.43. The Bertz CT molecular complexity index is 284. The Hall–Kier alpha value is -0.290. The molecule has 0 aromatic rings. The highest BCUT2D eigenvalue weighted by Crippen LogP contribution is 2.38. The summed E-state index contributed by atoms with van der Waals surface area (Å²) in [6.45, 7) is 6.54. The van der Waals surface area contributed by atoms with Crippen molar-refractivity contribution in [1.82, 2.24) is 10.2 Å². The summed E-state index contributed by atoms with van der Waals surface area (Å²) >= 11 is 0. The van der Waals surface area contributed by atoms with Crippen LogP contribution in [0.5, 0.6) is 0 Å². The first-order valence-corrected chi connectivity index (χ1v) is 7.95. The van der Waals surface area contributed by atoms with Gasteiger partial charge >= 0.3 is 6.18 Å². The van der Waals surface area contributed by atoms with Crippen LogP contribution in [0.4, 0.5) is 13.2 Å². The van der Waals surface area contributed by atoms with E-state index in [2.05, 4.69) is 17.1 Å². The van der Waals surface area contributed by atoms with Gasteiger partial charge in [-0.1, -0.05) is 13.3 Å². The third-order valence-electron chi connectivity index (χ3n) is 5.05. The van der Waals surface area contributed by atoms with E-state index in [4.69, 9.17) is 0 Å². The Kier molecular flexibility index (Phi) is 5.35. The molecular formula is C15H27F3N2. The Morgan fingerprint density at radius 2 is 1.75 bits per heavy atom. The van der Waals surface area contributed by atoms with Crippen LogP contribution in [-0.4, -0.2) is 43.8 Å². The zero-order valence-corrected chi connectivity index (χ0v) is 12.4. The fourth-order valence-corrected chi connectivity index (χ4v) is 3.87. The van der Waals surface area contributed by atoms with Crippen molar-refractivity contribution < 1.29 is 13.2 Å². The number of nitrogens with one attached hydrogen (secondary N) is 1. The van der Waals surface area contributed by atoms with Crippen molar-refractivity contribution in [2.75, 3.05) is 32.7 Å². The average Bonchev–Trinajstić information content (AvgIpc) is 2.39. The number of likely N-dealkylation sites (tertiary alicyclic amines) is 1. The standard InChI is InChI=1S/C15H27F3N2/c1-2-5-14(6-8-19-9-7-14)12-20-10-3-13(4-11-20)15(16,17)18/h13,19H,2-12H2,1H3. The zero-order chi connectivity index (χ0) is 14.6. The molecule has 0 aromatic carbocycles. The third kappa shape index (κ3) is 4.10. The molecule has 118 valence electrons. The van der Waals surface area contributed by atoms with Gasteiger partial charge in [0.05, 0.1) is 5.92 Å². The van der Waals surface area contributed by atoms with Crippen LogP contribution < -0.4 is 5.32 Å². The molecule has 2 rings (SSSR count). The molecule has 0 amide bonds. The molecule has 0 unspecified atom stereocenters. The molecule has 0 bridgehead atoms. The van der Waals surface area contributed by atoms with Gasteiger partial charge in [0.2, 0.25) is 0 Å². The number of rotatable bonds is 4. The van der Waals surface area contributed by atoms with Gasteiger partial charge in [0.1, 0.15) is 0 Å². The van der Waals surface area contributed by atoms with E-state index in [1.165, 1.54) is 25.7 Å². The average molecular weight is 292 g/mol. The van der Waals surface area contributed by atoms with Crippen LogP contribution in [0.3, 0.4) is 0 Å². The molecule has 0 saturated carbocycles. The number of nitrogens with zero attached hydrogens (tertiary/aromatic N) is 1. The maximum atomic E-state index is 12.7. The molecule has 0 aromatic heterocycles. The van der Waals surface area contributed by atoms with Crippen LogP contribution in [0.15, 0.2) is 0 Å². The SMILES string of the molecule is CCCC1(CN2CCC(C(F)(F)F)CC2)CCNCC1. The maximum Gasteiger partial charge on any atom is 0.391 e. The minimum Gasteiger partial charge on any atom is -0.317 e. The summed E-state index contributed by atoms with van der Waals surface area (Å²) in [4.78, 5) is 2.28. The van der Waals surface area contributed by atoms with Crippen molar-refractivity contribution >= 4 is 0 Å². The quantitative estimate of drug-likeness (QED) is 0.854. The van der Waals surface area contributed by atoms with Gasteiger partial charge in [-0.2, -0.15) is 13.2 Å². The van der Waals surface area contributed by atoms with E-state index in [1.54, 1.807) is 0 Å². The number of piperidine rings is 2. The van der Waals surface area contributed by atoms with Crippen molar-refractivity contribution in [2.24, 2.45) is 11.3 Å². The lowest BCUT2D eigenvalue weighted by Crippen LogP contribution is -2.48. The van der Waals surface area contributed by atoms with E-state index >= 15 is 0 Å². The molecule has 2 aliphatic heterocycles. The summed E-state index contributed by atoms with van der Waals surface area (Å²) in [6.07, 6.45) is 1.27. The van der Waals surface area contributed by atoms with E-state index in [0.717, 1.165) is 19.6 Å². The van der Waals surface area contributed by atoms with Crippen LogP contribution in [0.1, 0.15) is 45.4 Å². The Labute approximate surface area is 120 Å². The summed E-state index contributed by atoms with van der Waals surface area (Å²) in [7, 11) is 0. The second kappa shape index (κ2) is 6.65. The summed E-state index contributed by atoms with van der Waals surface area (Å²) in [6, 6.07) is 0. The molecule has 0 radical (unpaired) electrons. The highest BCUT2D eigenvalue weighted by molar-refractivity contribution is 4.89. The second-order valence-electron chi connectivity index (χ2n) is 6.59. The summed E-state index contributed by atoms with van der Waals surface area (Å²) in [5.41, 5.74) is 0.338.